The molecule has 0 radical (unpaired) electrons. The molecule has 0 spiro atoms. The molecule has 5 atom stereocenters. The molecule has 0 bridgehead atoms. The Bertz CT molecular complexity index is 1000. The fourth-order valence-electron chi connectivity index (χ4n) is 4.20. The molecule has 11 nitrogen and oxygen atoms in total. The minimum Gasteiger partial charge on any atom is -0.360 e. The van der Waals surface area contributed by atoms with Crippen molar-refractivity contribution in [1.29, 1.82) is 0 Å². The standard InChI is InChI=1S/C29H55B2N5O6S2/c1-8-12-29(7,32)42-17-27(3,4)26(41)35-18(24(39)33-13-22(30)37)15-43-20-10-11-21(20)44-16-19(36-28(5,6)9-2)25(40)34-14-23(31)38/h18-21,36H,8-17,30-32H2,1-7H3,(H,33,39)(H,34,40)(H,35,41). The zero-order valence-electron chi connectivity index (χ0n) is 28.2. The molecule has 0 aromatic heterocycles. The van der Waals surface area contributed by atoms with E-state index in [1.54, 1.807) is 44.3 Å². The molecule has 1 fully saturated rings. The lowest BCUT2D eigenvalue weighted by atomic mass is 9.92. The second kappa shape index (κ2) is 18.6. The second-order valence-corrected chi connectivity index (χ2v) is 15.9. The minimum absolute atomic E-state index is 0.00213. The fraction of sp³-hybridized carbons (Fsp3) is 0.828. The molecule has 0 aromatic rings. The van der Waals surface area contributed by atoms with Crippen molar-refractivity contribution in [3.63, 3.8) is 0 Å². The smallest absolute Gasteiger partial charge is 0.243 e. The van der Waals surface area contributed by atoms with Crippen LogP contribution in [0.15, 0.2) is 0 Å². The van der Waals surface area contributed by atoms with E-state index in [0.717, 1.165) is 25.7 Å². The number of carbonyl (C=O) groups excluding carboxylic acids is 5. The van der Waals surface area contributed by atoms with Crippen LogP contribution in [0.4, 0.5) is 0 Å². The Morgan fingerprint density at radius 1 is 0.864 bits per heavy atom. The lowest BCUT2D eigenvalue weighted by Crippen LogP contribution is -2.55. The summed E-state index contributed by atoms with van der Waals surface area (Å²) in [5, 5.41) is 12.2. The van der Waals surface area contributed by atoms with Crippen molar-refractivity contribution in [2.75, 3.05) is 31.2 Å². The Balaban J connectivity index is 2.87. The van der Waals surface area contributed by atoms with Crippen LogP contribution in [0, 0.1) is 5.41 Å². The van der Waals surface area contributed by atoms with E-state index >= 15 is 0 Å². The highest BCUT2D eigenvalue weighted by molar-refractivity contribution is 8.04. The number of hydrogen-bond acceptors (Lipinski definition) is 10. The van der Waals surface area contributed by atoms with Crippen LogP contribution in [-0.4, -0.2) is 110 Å². The van der Waals surface area contributed by atoms with Gasteiger partial charge in [0.25, 0.3) is 0 Å². The topological polar surface area (TPSA) is 169 Å². The zero-order valence-corrected chi connectivity index (χ0v) is 29.9. The quantitative estimate of drug-likeness (QED) is 0.0771. The molecule has 1 saturated carbocycles. The number of ether oxygens (including phenoxy) is 1. The number of nitrogens with two attached hydrogens (primary N) is 1. The largest absolute Gasteiger partial charge is 0.360 e. The normalized spacial score (nSPS) is 19.5. The zero-order chi connectivity index (χ0) is 33.7. The number of hydrogen-bond donors (Lipinski definition) is 5. The van der Waals surface area contributed by atoms with Crippen molar-refractivity contribution < 1.29 is 28.7 Å². The Hall–Kier alpha value is -1.54. The van der Waals surface area contributed by atoms with Gasteiger partial charge in [-0.3, -0.25) is 14.4 Å². The summed E-state index contributed by atoms with van der Waals surface area (Å²) in [6.45, 7) is 13.4. The van der Waals surface area contributed by atoms with Gasteiger partial charge in [-0.1, -0.05) is 20.3 Å². The van der Waals surface area contributed by atoms with Crippen LogP contribution in [0.3, 0.4) is 0 Å². The molecule has 1 aliphatic rings. The van der Waals surface area contributed by atoms with Gasteiger partial charge in [-0.05, 0) is 60.3 Å². The number of rotatable bonds is 22. The van der Waals surface area contributed by atoms with Crippen molar-refractivity contribution in [2.24, 2.45) is 11.1 Å². The third kappa shape index (κ3) is 15.2. The summed E-state index contributed by atoms with van der Waals surface area (Å²) >= 11 is 3.32. The van der Waals surface area contributed by atoms with Gasteiger partial charge in [0.2, 0.25) is 17.7 Å². The van der Waals surface area contributed by atoms with Gasteiger partial charge in [0.15, 0.2) is 15.7 Å². The van der Waals surface area contributed by atoms with E-state index in [1.165, 1.54) is 15.7 Å². The molecule has 44 heavy (non-hydrogen) atoms. The first-order valence-corrected chi connectivity index (χ1v) is 17.7. The fourth-order valence-corrected chi connectivity index (χ4v) is 7.33. The summed E-state index contributed by atoms with van der Waals surface area (Å²) in [7, 11) is 2.83. The third-order valence-corrected chi connectivity index (χ3v) is 10.8. The highest BCUT2D eigenvalue weighted by Gasteiger charge is 2.37. The van der Waals surface area contributed by atoms with Crippen molar-refractivity contribution in [2.45, 2.75) is 114 Å². The van der Waals surface area contributed by atoms with Crippen LogP contribution in [0.5, 0.6) is 0 Å². The van der Waals surface area contributed by atoms with E-state index < -0.39 is 29.1 Å². The number of thioether (sulfide) groups is 2. The van der Waals surface area contributed by atoms with Gasteiger partial charge in [-0.25, -0.2) is 0 Å². The molecule has 0 aliphatic heterocycles. The predicted molar refractivity (Wildman–Crippen MR) is 185 cm³/mol. The molecule has 0 heterocycles. The average molecular weight is 656 g/mol. The Morgan fingerprint density at radius 2 is 1.34 bits per heavy atom. The van der Waals surface area contributed by atoms with Crippen LogP contribution in [-0.2, 0) is 28.7 Å². The van der Waals surface area contributed by atoms with Gasteiger partial charge in [0, 0.05) is 27.5 Å². The van der Waals surface area contributed by atoms with Gasteiger partial charge in [0.1, 0.15) is 23.1 Å². The lowest BCUT2D eigenvalue weighted by molar-refractivity contribution is -0.140. The first-order valence-electron chi connectivity index (χ1n) is 15.6. The van der Waals surface area contributed by atoms with E-state index in [0.29, 0.717) is 17.9 Å². The summed E-state index contributed by atoms with van der Waals surface area (Å²) in [6, 6.07) is -1.29. The van der Waals surface area contributed by atoms with Crippen molar-refractivity contribution in [3.8, 4) is 0 Å². The van der Waals surface area contributed by atoms with Gasteiger partial charge in [-0.2, -0.15) is 23.5 Å². The van der Waals surface area contributed by atoms with Gasteiger partial charge < -0.3 is 41.3 Å². The summed E-state index contributed by atoms with van der Waals surface area (Å²) in [5.41, 5.74) is 3.87. The van der Waals surface area contributed by atoms with Crippen LogP contribution in [0.1, 0.15) is 80.6 Å². The van der Waals surface area contributed by atoms with Crippen LogP contribution >= 0.6 is 23.5 Å². The first kappa shape index (κ1) is 40.5. The minimum atomic E-state index is -0.940. The molecule has 1 rings (SSSR count). The van der Waals surface area contributed by atoms with Crippen LogP contribution in [0.25, 0.3) is 0 Å². The highest BCUT2D eigenvalue weighted by Crippen LogP contribution is 2.40. The average Bonchev–Trinajstić information content (AvgIpc) is 2.91. The maximum atomic E-state index is 13.3. The molecule has 1 aliphatic carbocycles. The maximum absolute atomic E-state index is 13.3. The molecule has 0 saturated heterocycles. The summed E-state index contributed by atoms with van der Waals surface area (Å²) in [5.74, 6) is -0.0668. The van der Waals surface area contributed by atoms with Crippen LogP contribution in [0.2, 0.25) is 0 Å². The Kier molecular flexibility index (Phi) is 17.1. The summed E-state index contributed by atoms with van der Waals surface area (Å²) in [6.07, 6.45) is 4.26. The van der Waals surface area contributed by atoms with Gasteiger partial charge in [-0.15, -0.1) is 0 Å². The molecule has 15 heteroatoms. The summed E-state index contributed by atoms with van der Waals surface area (Å²) < 4.78 is 5.86. The predicted octanol–water partition coefficient (Wildman–Crippen LogP) is -0.315. The summed E-state index contributed by atoms with van der Waals surface area (Å²) in [4.78, 5) is 62.2. The highest BCUT2D eigenvalue weighted by atomic mass is 32.2. The monoisotopic (exact) mass is 655 g/mol. The first-order chi connectivity index (χ1) is 20.3. The maximum Gasteiger partial charge on any atom is 0.243 e. The van der Waals surface area contributed by atoms with Crippen molar-refractivity contribution in [3.05, 3.63) is 0 Å². The van der Waals surface area contributed by atoms with Crippen molar-refractivity contribution >= 4 is 68.3 Å². The van der Waals surface area contributed by atoms with E-state index in [1.807, 2.05) is 20.8 Å². The molecule has 0 aromatic carbocycles. The lowest BCUT2D eigenvalue weighted by Gasteiger charge is -2.38. The van der Waals surface area contributed by atoms with E-state index in [-0.39, 0.29) is 58.9 Å². The molecule has 250 valence electrons. The number of carbonyl (C=O) groups is 5. The van der Waals surface area contributed by atoms with E-state index in [4.69, 9.17) is 10.5 Å². The second-order valence-electron chi connectivity index (χ2n) is 13.4. The Morgan fingerprint density at radius 3 is 1.77 bits per heavy atom. The number of amides is 3. The molecular formula is C29H55B2N5O6S2. The van der Waals surface area contributed by atoms with Gasteiger partial charge in [0.05, 0.1) is 31.2 Å². The number of nitrogens with one attached hydrogen (secondary N) is 4. The van der Waals surface area contributed by atoms with Crippen LogP contribution < -0.4 is 27.0 Å². The van der Waals surface area contributed by atoms with E-state index in [9.17, 15) is 24.0 Å². The van der Waals surface area contributed by atoms with Crippen molar-refractivity contribution in [1.82, 2.24) is 21.3 Å². The molecule has 3 amide bonds. The Labute approximate surface area is 274 Å². The molecular weight excluding hydrogens is 600 g/mol. The third-order valence-electron chi connectivity index (χ3n) is 7.64. The SMILES string of the molecule is BC(=O)CNC(=O)C(CSC1CCC1SCC(NC(C)(C)CC)C(=O)NCC(B)=O)NC(=O)C(C)(C)COC(C)(N)CCC. The molecule has 6 N–H and O–H groups in total. The molecule has 5 unspecified atom stereocenters. The van der Waals surface area contributed by atoms with Gasteiger partial charge >= 0.3 is 0 Å². The van der Waals surface area contributed by atoms with E-state index in [2.05, 4.69) is 28.2 Å².